The molecule has 0 atom stereocenters. The topological polar surface area (TPSA) is 93.7 Å². The van der Waals surface area contributed by atoms with Crippen LogP contribution in [0.4, 0.5) is 4.79 Å². The number of rotatable bonds is 7. The predicted octanol–water partition coefficient (Wildman–Crippen LogP) is 1.71. The van der Waals surface area contributed by atoms with E-state index in [0.717, 1.165) is 11.1 Å². The van der Waals surface area contributed by atoms with Gasteiger partial charge < -0.3 is 14.8 Å². The van der Waals surface area contributed by atoms with Gasteiger partial charge in [-0.2, -0.15) is 0 Å². The van der Waals surface area contributed by atoms with E-state index in [1.807, 2.05) is 39.8 Å². The molecule has 0 bridgehead atoms. The fraction of sp³-hybridized carbons (Fsp3) is 0.471. The van der Waals surface area contributed by atoms with Gasteiger partial charge in [-0.3, -0.25) is 10.1 Å². The van der Waals surface area contributed by atoms with Crippen LogP contribution in [0.15, 0.2) is 18.2 Å². The Morgan fingerprint density at radius 2 is 1.83 bits per heavy atom. The molecule has 0 fully saturated rings. The van der Waals surface area contributed by atoms with E-state index in [9.17, 15) is 14.4 Å². The molecule has 3 amide bonds. The van der Waals surface area contributed by atoms with Crippen LogP contribution in [-0.2, 0) is 14.3 Å². The molecule has 1 rings (SSSR count). The number of amides is 3. The zero-order valence-electron chi connectivity index (χ0n) is 14.5. The highest BCUT2D eigenvalue weighted by Gasteiger charge is 2.12. The largest absolute Gasteiger partial charge is 0.482 e. The number of nitrogens with one attached hydrogen (secondary N) is 2. The molecule has 24 heavy (non-hydrogen) atoms. The molecule has 0 spiro atoms. The number of esters is 1. The van der Waals surface area contributed by atoms with Gasteiger partial charge in [0.1, 0.15) is 5.75 Å². The Hall–Kier alpha value is -2.57. The quantitative estimate of drug-likeness (QED) is 0.739. The monoisotopic (exact) mass is 336 g/mol. The third kappa shape index (κ3) is 7.62. The normalized spacial score (nSPS) is 10.2. The fourth-order valence-corrected chi connectivity index (χ4v) is 1.79. The van der Waals surface area contributed by atoms with Gasteiger partial charge in [0.15, 0.2) is 13.2 Å². The van der Waals surface area contributed by atoms with Crippen molar-refractivity contribution in [3.63, 3.8) is 0 Å². The van der Waals surface area contributed by atoms with Crippen LogP contribution in [0.1, 0.15) is 25.0 Å². The van der Waals surface area contributed by atoms with Crippen molar-refractivity contribution in [2.45, 2.75) is 27.7 Å². The Morgan fingerprint density at radius 1 is 1.12 bits per heavy atom. The van der Waals surface area contributed by atoms with Crippen LogP contribution in [0.25, 0.3) is 0 Å². The number of hydrogen-bond acceptors (Lipinski definition) is 5. The second kappa shape index (κ2) is 9.54. The molecule has 0 saturated heterocycles. The van der Waals surface area contributed by atoms with E-state index >= 15 is 0 Å². The number of ether oxygens (including phenoxy) is 2. The van der Waals surface area contributed by atoms with Gasteiger partial charge in [-0.05, 0) is 31.4 Å². The summed E-state index contributed by atoms with van der Waals surface area (Å²) in [7, 11) is 0. The van der Waals surface area contributed by atoms with Crippen molar-refractivity contribution in [1.29, 1.82) is 0 Å². The Labute approximate surface area is 141 Å². The number of imide groups is 1. The second-order valence-electron chi connectivity index (χ2n) is 5.87. The minimum absolute atomic E-state index is 0.269. The molecule has 0 unspecified atom stereocenters. The molecule has 0 radical (unpaired) electrons. The number of carbonyl (C=O) groups excluding carboxylic acids is 3. The van der Waals surface area contributed by atoms with Crippen LogP contribution < -0.4 is 15.4 Å². The molecule has 0 aromatic heterocycles. The number of urea groups is 1. The molecule has 1 aromatic carbocycles. The van der Waals surface area contributed by atoms with Gasteiger partial charge in [0.25, 0.3) is 5.91 Å². The molecule has 132 valence electrons. The summed E-state index contributed by atoms with van der Waals surface area (Å²) in [5, 5.41) is 4.59. The lowest BCUT2D eigenvalue weighted by molar-refractivity contribution is -0.150. The number of aryl methyl sites for hydroxylation is 2. The zero-order chi connectivity index (χ0) is 18.1. The number of benzene rings is 1. The average Bonchev–Trinajstić information content (AvgIpc) is 2.50. The maximum atomic E-state index is 11.6. The summed E-state index contributed by atoms with van der Waals surface area (Å²) < 4.78 is 10.1. The van der Waals surface area contributed by atoms with Gasteiger partial charge in [-0.15, -0.1) is 0 Å². The molecule has 0 aliphatic carbocycles. The van der Waals surface area contributed by atoms with E-state index in [2.05, 4.69) is 10.6 Å². The Bertz CT molecular complexity index is 599. The van der Waals surface area contributed by atoms with E-state index in [0.29, 0.717) is 12.3 Å². The maximum absolute atomic E-state index is 11.6. The lowest BCUT2D eigenvalue weighted by Gasteiger charge is -2.10. The molecule has 1 aromatic rings. The summed E-state index contributed by atoms with van der Waals surface area (Å²) >= 11 is 0. The van der Waals surface area contributed by atoms with Gasteiger partial charge in [-0.25, -0.2) is 9.59 Å². The fourth-order valence-electron chi connectivity index (χ4n) is 1.79. The summed E-state index contributed by atoms with van der Waals surface area (Å²) in [5.41, 5.74) is 2.00. The standard InChI is InChI=1S/C17H24N2O5/c1-11(2)8-18-17(22)19-15(20)9-24-16(21)10-23-14-6-5-12(3)7-13(14)4/h5-7,11H,8-10H2,1-4H3,(H2,18,19,20,22). The highest BCUT2D eigenvalue weighted by Crippen LogP contribution is 2.18. The minimum Gasteiger partial charge on any atom is -0.482 e. The molecule has 7 nitrogen and oxygen atoms in total. The Kier molecular flexibility index (Phi) is 7.74. The van der Waals surface area contributed by atoms with Crippen molar-refractivity contribution in [2.75, 3.05) is 19.8 Å². The Morgan fingerprint density at radius 3 is 2.46 bits per heavy atom. The molecule has 7 heteroatoms. The Balaban J connectivity index is 2.28. The first-order valence-electron chi connectivity index (χ1n) is 7.71. The van der Waals surface area contributed by atoms with E-state index in [4.69, 9.17) is 9.47 Å². The van der Waals surface area contributed by atoms with Crippen molar-refractivity contribution < 1.29 is 23.9 Å². The van der Waals surface area contributed by atoms with Crippen LogP contribution in [0.5, 0.6) is 5.75 Å². The summed E-state index contributed by atoms with van der Waals surface area (Å²) in [4.78, 5) is 34.4. The van der Waals surface area contributed by atoms with Gasteiger partial charge in [-0.1, -0.05) is 31.5 Å². The van der Waals surface area contributed by atoms with Crippen LogP contribution >= 0.6 is 0 Å². The first-order chi connectivity index (χ1) is 11.3. The molecule has 0 aliphatic rings. The van der Waals surface area contributed by atoms with Crippen LogP contribution in [0.2, 0.25) is 0 Å². The molecule has 0 heterocycles. The highest BCUT2D eigenvalue weighted by molar-refractivity contribution is 5.95. The van der Waals surface area contributed by atoms with Crippen molar-refractivity contribution in [3.05, 3.63) is 29.3 Å². The van der Waals surface area contributed by atoms with Gasteiger partial charge in [0.05, 0.1) is 0 Å². The molecule has 2 N–H and O–H groups in total. The van der Waals surface area contributed by atoms with Crippen LogP contribution in [-0.4, -0.2) is 37.7 Å². The van der Waals surface area contributed by atoms with E-state index in [-0.39, 0.29) is 12.5 Å². The molecule has 0 saturated carbocycles. The average molecular weight is 336 g/mol. The van der Waals surface area contributed by atoms with Gasteiger partial charge >= 0.3 is 12.0 Å². The summed E-state index contributed by atoms with van der Waals surface area (Å²) in [6.45, 7) is 7.29. The lowest BCUT2D eigenvalue weighted by Crippen LogP contribution is -2.42. The molecular formula is C17H24N2O5. The SMILES string of the molecule is Cc1ccc(OCC(=O)OCC(=O)NC(=O)NCC(C)C)c(C)c1. The van der Waals surface area contributed by atoms with E-state index < -0.39 is 24.5 Å². The summed E-state index contributed by atoms with van der Waals surface area (Å²) in [5.74, 6) is -0.537. The summed E-state index contributed by atoms with van der Waals surface area (Å²) in [6.07, 6.45) is 0. The first-order valence-corrected chi connectivity index (χ1v) is 7.71. The maximum Gasteiger partial charge on any atom is 0.344 e. The third-order valence-corrected chi connectivity index (χ3v) is 2.96. The van der Waals surface area contributed by atoms with Crippen molar-refractivity contribution >= 4 is 17.9 Å². The zero-order valence-corrected chi connectivity index (χ0v) is 14.5. The smallest absolute Gasteiger partial charge is 0.344 e. The number of hydrogen-bond donors (Lipinski definition) is 2. The van der Waals surface area contributed by atoms with E-state index in [1.54, 1.807) is 6.07 Å². The van der Waals surface area contributed by atoms with Crippen molar-refractivity contribution in [2.24, 2.45) is 5.92 Å². The minimum atomic E-state index is -0.698. The third-order valence-electron chi connectivity index (χ3n) is 2.96. The summed E-state index contributed by atoms with van der Waals surface area (Å²) in [6, 6.07) is 4.96. The molecular weight excluding hydrogens is 312 g/mol. The van der Waals surface area contributed by atoms with Crippen molar-refractivity contribution in [1.82, 2.24) is 10.6 Å². The van der Waals surface area contributed by atoms with Crippen molar-refractivity contribution in [3.8, 4) is 5.75 Å². The van der Waals surface area contributed by atoms with Crippen LogP contribution in [0.3, 0.4) is 0 Å². The highest BCUT2D eigenvalue weighted by atomic mass is 16.6. The predicted molar refractivity (Wildman–Crippen MR) is 88.7 cm³/mol. The van der Waals surface area contributed by atoms with Gasteiger partial charge in [0, 0.05) is 6.54 Å². The van der Waals surface area contributed by atoms with Gasteiger partial charge in [0.2, 0.25) is 0 Å². The number of carbonyl (C=O) groups is 3. The van der Waals surface area contributed by atoms with E-state index in [1.165, 1.54) is 0 Å². The first kappa shape index (κ1) is 19.5. The molecule has 0 aliphatic heterocycles. The second-order valence-corrected chi connectivity index (χ2v) is 5.87. The van der Waals surface area contributed by atoms with Crippen LogP contribution in [0, 0.1) is 19.8 Å². The lowest BCUT2D eigenvalue weighted by atomic mass is 10.1.